The highest BCUT2D eigenvalue weighted by atomic mass is 35.5. The highest BCUT2D eigenvalue weighted by Gasteiger charge is 2.26. The number of aromatic nitrogens is 4. The van der Waals surface area contributed by atoms with Crippen LogP contribution >= 0.6 is 11.6 Å². The van der Waals surface area contributed by atoms with E-state index in [1.165, 1.54) is 26.2 Å². The molecule has 4 aromatic rings. The third-order valence-corrected chi connectivity index (χ3v) is 5.66. The van der Waals surface area contributed by atoms with Gasteiger partial charge in [0.15, 0.2) is 11.6 Å². The fraction of sp³-hybridized carbons (Fsp3) is 0.250. The second kappa shape index (κ2) is 9.15. The molecule has 6 nitrogen and oxygen atoms in total. The number of nitrogens with zero attached hydrogens (tertiary/aromatic N) is 4. The summed E-state index contributed by atoms with van der Waals surface area (Å²) in [5, 5.41) is 13.0. The molecule has 0 bridgehead atoms. The first-order valence-electron chi connectivity index (χ1n) is 10.4. The summed E-state index contributed by atoms with van der Waals surface area (Å²) in [5.74, 6) is -0.538. The quantitative estimate of drug-likeness (QED) is 0.356. The molecule has 2 N–H and O–H groups in total. The van der Waals surface area contributed by atoms with Gasteiger partial charge in [0, 0.05) is 24.0 Å². The van der Waals surface area contributed by atoms with Crippen LogP contribution in [0, 0.1) is 12.7 Å². The lowest BCUT2D eigenvalue weighted by Gasteiger charge is -2.22. The predicted octanol–water partition coefficient (Wildman–Crippen LogP) is 5.83. The monoisotopic (exact) mass is 487 g/mol. The molecule has 0 saturated heterocycles. The van der Waals surface area contributed by atoms with Gasteiger partial charge in [0.1, 0.15) is 22.9 Å². The number of benzene rings is 1. The number of hydrogen-bond donors (Lipinski definition) is 2. The Morgan fingerprint density at radius 3 is 2.29 bits per heavy atom. The highest BCUT2D eigenvalue weighted by molar-refractivity contribution is 6.35. The summed E-state index contributed by atoms with van der Waals surface area (Å²) < 4.78 is 43.0. The van der Waals surface area contributed by atoms with Crippen LogP contribution in [0.15, 0.2) is 48.8 Å². The van der Waals surface area contributed by atoms with E-state index in [-0.39, 0.29) is 38.8 Å². The lowest BCUT2D eigenvalue weighted by atomic mass is 10.1. The van der Waals surface area contributed by atoms with Crippen molar-refractivity contribution in [3.05, 3.63) is 76.7 Å². The van der Waals surface area contributed by atoms with E-state index in [9.17, 15) is 18.3 Å². The topological polar surface area (TPSA) is 83.8 Å². The van der Waals surface area contributed by atoms with E-state index in [0.717, 1.165) is 6.07 Å². The van der Waals surface area contributed by atoms with Gasteiger partial charge in [-0.05, 0) is 26.3 Å². The number of aryl methyl sites for hydroxylation is 1. The second-order valence-electron chi connectivity index (χ2n) is 8.29. The molecule has 10 heteroatoms. The average molecular weight is 488 g/mol. The van der Waals surface area contributed by atoms with Crippen LogP contribution in [0.1, 0.15) is 37.0 Å². The number of fused-ring (bicyclic) bond motifs is 1. The maximum absolute atomic E-state index is 15.0. The molecule has 1 unspecified atom stereocenters. The SMILES string of the molecule is Cc1nc2cc(F)c(-c3cnc(C(C)(C)O)nc3)nc2c(NC(c2ccccc2)C(F)F)c1Cl. The van der Waals surface area contributed by atoms with Gasteiger partial charge in [0.2, 0.25) is 0 Å². The first-order chi connectivity index (χ1) is 16.1. The van der Waals surface area contributed by atoms with Crippen LogP contribution < -0.4 is 5.32 Å². The van der Waals surface area contributed by atoms with Gasteiger partial charge in [-0.3, -0.25) is 0 Å². The molecule has 0 aliphatic heterocycles. The lowest BCUT2D eigenvalue weighted by Crippen LogP contribution is -2.20. The Hall–Kier alpha value is -3.30. The number of anilines is 1. The van der Waals surface area contributed by atoms with Gasteiger partial charge in [-0.2, -0.15) is 0 Å². The standard InChI is InChI=1S/C24H21ClF3N5O/c1-12-17(25)21(33-19(22(27)28)13-7-5-4-6-8-13)20-16(31-12)9-15(26)18(32-20)14-10-29-23(30-11-14)24(2,3)34/h4-11,19,22,34H,1-3H3,(H,31,33). The van der Waals surface area contributed by atoms with E-state index >= 15 is 0 Å². The molecule has 1 aromatic carbocycles. The predicted molar refractivity (Wildman–Crippen MR) is 124 cm³/mol. The van der Waals surface area contributed by atoms with E-state index in [4.69, 9.17) is 11.6 Å². The Bertz CT molecular complexity index is 1330. The van der Waals surface area contributed by atoms with Crippen molar-refractivity contribution in [3.63, 3.8) is 0 Å². The van der Waals surface area contributed by atoms with Crippen molar-refractivity contribution in [3.8, 4) is 11.3 Å². The Morgan fingerprint density at radius 2 is 1.71 bits per heavy atom. The van der Waals surface area contributed by atoms with Gasteiger partial charge in [-0.25, -0.2) is 33.1 Å². The van der Waals surface area contributed by atoms with E-state index in [1.54, 1.807) is 37.3 Å². The van der Waals surface area contributed by atoms with Crippen LogP contribution in [0.5, 0.6) is 0 Å². The number of hydrogen-bond acceptors (Lipinski definition) is 6. The Morgan fingerprint density at radius 1 is 1.06 bits per heavy atom. The van der Waals surface area contributed by atoms with E-state index in [2.05, 4.69) is 25.3 Å². The van der Waals surface area contributed by atoms with Crippen LogP contribution in [-0.2, 0) is 5.60 Å². The minimum absolute atomic E-state index is 0.104. The molecule has 0 aliphatic carbocycles. The minimum Gasteiger partial charge on any atom is -0.382 e. The molecule has 0 aliphatic rings. The van der Waals surface area contributed by atoms with Gasteiger partial charge in [-0.15, -0.1) is 0 Å². The number of aliphatic hydroxyl groups is 1. The molecule has 0 amide bonds. The third-order valence-electron chi connectivity index (χ3n) is 5.20. The number of halogens is 4. The van der Waals surface area contributed by atoms with Gasteiger partial charge in [0.25, 0.3) is 6.43 Å². The third kappa shape index (κ3) is 4.67. The molecule has 4 rings (SSSR count). The van der Waals surface area contributed by atoms with Crippen LogP contribution in [0.25, 0.3) is 22.3 Å². The smallest absolute Gasteiger partial charge is 0.262 e. The van der Waals surface area contributed by atoms with Crippen molar-refractivity contribution in [1.29, 1.82) is 0 Å². The fourth-order valence-electron chi connectivity index (χ4n) is 3.47. The molecule has 3 heterocycles. The van der Waals surface area contributed by atoms with Crippen molar-refractivity contribution < 1.29 is 18.3 Å². The molecule has 0 radical (unpaired) electrons. The molecule has 0 spiro atoms. The average Bonchev–Trinajstić information content (AvgIpc) is 2.79. The summed E-state index contributed by atoms with van der Waals surface area (Å²) in [5.41, 5.74) is -0.0497. The Balaban J connectivity index is 1.86. The summed E-state index contributed by atoms with van der Waals surface area (Å²) in [4.78, 5) is 16.8. The summed E-state index contributed by atoms with van der Waals surface area (Å²) in [6, 6.07) is 7.98. The van der Waals surface area contributed by atoms with Crippen LogP contribution in [0.4, 0.5) is 18.9 Å². The molecule has 34 heavy (non-hydrogen) atoms. The number of pyridine rings is 2. The Kier molecular flexibility index (Phi) is 6.42. The minimum atomic E-state index is -2.76. The van der Waals surface area contributed by atoms with E-state index < -0.39 is 23.9 Å². The number of alkyl halides is 2. The highest BCUT2D eigenvalue weighted by Crippen LogP contribution is 2.37. The van der Waals surface area contributed by atoms with E-state index in [1.807, 2.05) is 0 Å². The maximum Gasteiger partial charge on any atom is 0.262 e. The molecular weight excluding hydrogens is 467 g/mol. The summed E-state index contributed by atoms with van der Waals surface area (Å²) in [6.45, 7) is 4.65. The Labute approximate surface area is 198 Å². The van der Waals surface area contributed by atoms with Crippen LogP contribution in [-0.4, -0.2) is 31.5 Å². The van der Waals surface area contributed by atoms with Gasteiger partial charge in [0.05, 0.1) is 21.9 Å². The van der Waals surface area contributed by atoms with Gasteiger partial charge in [-0.1, -0.05) is 41.9 Å². The second-order valence-corrected chi connectivity index (χ2v) is 8.67. The molecular formula is C24H21ClF3N5O. The van der Waals surface area contributed by atoms with Crippen molar-refractivity contribution in [2.24, 2.45) is 0 Å². The molecule has 0 fully saturated rings. The first-order valence-corrected chi connectivity index (χ1v) is 10.8. The summed E-state index contributed by atoms with van der Waals surface area (Å²) >= 11 is 6.46. The zero-order chi connectivity index (χ0) is 24.6. The number of nitrogens with one attached hydrogen (secondary N) is 1. The van der Waals surface area contributed by atoms with Crippen LogP contribution in [0.2, 0.25) is 5.02 Å². The number of rotatable bonds is 6. The van der Waals surface area contributed by atoms with Gasteiger partial charge >= 0.3 is 0 Å². The maximum atomic E-state index is 15.0. The molecule has 0 saturated carbocycles. The lowest BCUT2D eigenvalue weighted by molar-refractivity contribution is 0.0687. The van der Waals surface area contributed by atoms with Crippen molar-refractivity contribution >= 4 is 28.3 Å². The van der Waals surface area contributed by atoms with Crippen molar-refractivity contribution in [2.75, 3.05) is 5.32 Å². The largest absolute Gasteiger partial charge is 0.382 e. The molecule has 3 aromatic heterocycles. The van der Waals surface area contributed by atoms with Gasteiger partial charge < -0.3 is 10.4 Å². The zero-order valence-electron chi connectivity index (χ0n) is 18.5. The summed E-state index contributed by atoms with van der Waals surface area (Å²) in [6.07, 6.45) is -0.0933. The van der Waals surface area contributed by atoms with Crippen molar-refractivity contribution in [1.82, 2.24) is 19.9 Å². The summed E-state index contributed by atoms with van der Waals surface area (Å²) in [7, 11) is 0. The van der Waals surface area contributed by atoms with Crippen molar-refractivity contribution in [2.45, 2.75) is 38.8 Å². The molecule has 176 valence electrons. The first kappa shape index (κ1) is 23.8. The zero-order valence-corrected chi connectivity index (χ0v) is 19.3. The van der Waals surface area contributed by atoms with E-state index in [0.29, 0.717) is 11.3 Å². The normalized spacial score (nSPS) is 12.9. The molecule has 1 atom stereocenters. The van der Waals surface area contributed by atoms with Crippen LogP contribution in [0.3, 0.4) is 0 Å². The fourth-order valence-corrected chi connectivity index (χ4v) is 3.66.